The minimum atomic E-state index is 1.12. The highest BCUT2D eigenvalue weighted by Crippen LogP contribution is 2.12. The van der Waals surface area contributed by atoms with Crippen LogP contribution in [0.3, 0.4) is 0 Å². The highest BCUT2D eigenvalue weighted by atomic mass is 14.8. The summed E-state index contributed by atoms with van der Waals surface area (Å²) in [6.45, 7) is 2.25. The molecule has 15 heavy (non-hydrogen) atoms. The molecule has 0 spiro atoms. The Bertz CT molecular complexity index is 63.9. The molecular weight excluding hydrogens is 182 g/mol. The van der Waals surface area contributed by atoms with Crippen LogP contribution in [-0.4, -0.2) is 13.1 Å². The van der Waals surface area contributed by atoms with Gasteiger partial charge in [-0.1, -0.05) is 64.2 Å². The molecular formula is C14H28N. The molecule has 0 aliphatic carbocycles. The molecule has 1 aliphatic rings. The zero-order valence-electron chi connectivity index (χ0n) is 10.3. The van der Waals surface area contributed by atoms with E-state index in [2.05, 4.69) is 5.32 Å². The smallest absolute Gasteiger partial charge is 0.0133 e. The third-order valence-corrected chi connectivity index (χ3v) is 3.38. The van der Waals surface area contributed by atoms with Crippen molar-refractivity contribution in [2.24, 2.45) is 0 Å². The van der Waals surface area contributed by atoms with E-state index < -0.39 is 0 Å². The van der Waals surface area contributed by atoms with Gasteiger partial charge >= 0.3 is 0 Å². The summed E-state index contributed by atoms with van der Waals surface area (Å²) in [7, 11) is 0. The van der Waals surface area contributed by atoms with Crippen LogP contribution >= 0.6 is 0 Å². The van der Waals surface area contributed by atoms with Crippen LogP contribution in [0.4, 0.5) is 0 Å². The van der Waals surface area contributed by atoms with Gasteiger partial charge in [-0.3, -0.25) is 0 Å². The third-order valence-electron chi connectivity index (χ3n) is 3.38. The summed E-state index contributed by atoms with van der Waals surface area (Å²) in [6, 6.07) is 0. The first-order valence-electron chi connectivity index (χ1n) is 7.13. The Labute approximate surface area is 96.0 Å². The summed E-state index contributed by atoms with van der Waals surface area (Å²) < 4.78 is 0. The summed E-state index contributed by atoms with van der Waals surface area (Å²) in [5, 5.41) is 4.58. The van der Waals surface area contributed by atoms with E-state index in [1.807, 2.05) is 0 Å². The summed E-state index contributed by atoms with van der Waals surface area (Å²) in [4.78, 5) is 0. The minimum Gasteiger partial charge on any atom is -0.242 e. The molecule has 1 saturated heterocycles. The van der Waals surface area contributed by atoms with Crippen molar-refractivity contribution in [3.8, 4) is 0 Å². The molecule has 1 radical (unpaired) electrons. The summed E-state index contributed by atoms with van der Waals surface area (Å²) >= 11 is 0. The lowest BCUT2D eigenvalue weighted by atomic mass is 10.1. The number of nitrogens with zero attached hydrogens (tertiary/aromatic N) is 1. The molecule has 0 unspecified atom stereocenters. The lowest BCUT2D eigenvalue weighted by Crippen LogP contribution is -2.08. The zero-order chi connectivity index (χ0) is 10.6. The normalized spacial score (nSPS) is 24.0. The maximum Gasteiger partial charge on any atom is 0.0133 e. The Morgan fingerprint density at radius 2 is 0.600 bits per heavy atom. The van der Waals surface area contributed by atoms with Crippen LogP contribution in [0.15, 0.2) is 0 Å². The highest BCUT2D eigenvalue weighted by molar-refractivity contribution is 4.53. The minimum absolute atomic E-state index is 1.12. The van der Waals surface area contributed by atoms with Crippen LogP contribution in [0.5, 0.6) is 0 Å². The quantitative estimate of drug-likeness (QED) is 0.566. The van der Waals surface area contributed by atoms with E-state index in [-0.39, 0.29) is 0 Å². The van der Waals surface area contributed by atoms with Gasteiger partial charge in [0.1, 0.15) is 0 Å². The van der Waals surface area contributed by atoms with Gasteiger partial charge in [0.2, 0.25) is 0 Å². The Kier molecular flexibility index (Phi) is 9.10. The van der Waals surface area contributed by atoms with Gasteiger partial charge in [0.15, 0.2) is 0 Å². The number of hydrogen-bond acceptors (Lipinski definition) is 0. The topological polar surface area (TPSA) is 14.1 Å². The van der Waals surface area contributed by atoms with Crippen LogP contribution in [0.1, 0.15) is 77.0 Å². The lowest BCUT2D eigenvalue weighted by molar-refractivity contribution is 0.550. The van der Waals surface area contributed by atoms with Crippen LogP contribution in [0.2, 0.25) is 0 Å². The fourth-order valence-corrected chi connectivity index (χ4v) is 2.33. The highest BCUT2D eigenvalue weighted by Gasteiger charge is 1.96. The maximum absolute atomic E-state index is 4.58. The van der Waals surface area contributed by atoms with E-state index in [0.717, 1.165) is 13.1 Å². The first-order valence-corrected chi connectivity index (χ1v) is 7.13. The van der Waals surface area contributed by atoms with Gasteiger partial charge < -0.3 is 0 Å². The predicted octanol–water partition coefficient (Wildman–Crippen LogP) is 4.29. The summed E-state index contributed by atoms with van der Waals surface area (Å²) in [6.07, 6.45) is 17.2. The van der Waals surface area contributed by atoms with Gasteiger partial charge in [0, 0.05) is 13.1 Å². The van der Waals surface area contributed by atoms with Crippen molar-refractivity contribution in [1.82, 2.24) is 5.32 Å². The van der Waals surface area contributed by atoms with Crippen molar-refractivity contribution < 1.29 is 0 Å². The molecule has 1 aliphatic heterocycles. The fourth-order valence-electron chi connectivity index (χ4n) is 2.33. The second-order valence-corrected chi connectivity index (χ2v) is 4.91. The second kappa shape index (κ2) is 10.5. The molecule has 0 saturated carbocycles. The summed E-state index contributed by atoms with van der Waals surface area (Å²) in [5.41, 5.74) is 0. The van der Waals surface area contributed by atoms with Gasteiger partial charge in [0.25, 0.3) is 0 Å². The molecule has 0 amide bonds. The van der Waals surface area contributed by atoms with Crippen molar-refractivity contribution >= 4 is 0 Å². The Balaban J connectivity index is 2.01. The molecule has 0 aromatic heterocycles. The molecule has 1 nitrogen and oxygen atoms in total. The SMILES string of the molecule is C1CCCCCCC[N]CCCCCC1. The zero-order valence-corrected chi connectivity index (χ0v) is 10.3. The largest absolute Gasteiger partial charge is 0.242 e. The van der Waals surface area contributed by atoms with Gasteiger partial charge in [-0.05, 0) is 12.8 Å². The lowest BCUT2D eigenvalue weighted by Gasteiger charge is -2.02. The molecule has 1 heteroatoms. The molecule has 0 aromatic carbocycles. The Morgan fingerprint density at radius 1 is 0.333 bits per heavy atom. The van der Waals surface area contributed by atoms with E-state index >= 15 is 0 Å². The molecule has 1 rings (SSSR count). The van der Waals surface area contributed by atoms with Crippen molar-refractivity contribution in [3.05, 3.63) is 0 Å². The van der Waals surface area contributed by atoms with E-state index in [4.69, 9.17) is 0 Å². The van der Waals surface area contributed by atoms with Crippen molar-refractivity contribution in [1.29, 1.82) is 0 Å². The Hall–Kier alpha value is -0.0400. The number of hydrogen-bond donors (Lipinski definition) is 0. The number of rotatable bonds is 0. The average molecular weight is 210 g/mol. The van der Waals surface area contributed by atoms with Crippen molar-refractivity contribution in [2.45, 2.75) is 77.0 Å². The van der Waals surface area contributed by atoms with Crippen molar-refractivity contribution in [2.75, 3.05) is 13.1 Å². The molecule has 0 bridgehead atoms. The Morgan fingerprint density at radius 3 is 0.933 bits per heavy atom. The predicted molar refractivity (Wildman–Crippen MR) is 67.3 cm³/mol. The van der Waals surface area contributed by atoms with Crippen LogP contribution in [-0.2, 0) is 0 Å². The van der Waals surface area contributed by atoms with Crippen LogP contribution in [0.25, 0.3) is 0 Å². The third kappa shape index (κ3) is 8.92. The van der Waals surface area contributed by atoms with E-state index in [1.165, 1.54) is 77.0 Å². The maximum atomic E-state index is 4.58. The summed E-state index contributed by atoms with van der Waals surface area (Å²) in [5.74, 6) is 0. The van der Waals surface area contributed by atoms with E-state index in [0.29, 0.717) is 0 Å². The average Bonchev–Trinajstić information content (AvgIpc) is 2.27. The molecule has 1 heterocycles. The van der Waals surface area contributed by atoms with Gasteiger partial charge in [0.05, 0.1) is 0 Å². The molecule has 1 fully saturated rings. The standard InChI is InChI=1S/C14H28N/c1-2-4-6-8-10-12-14-15-13-11-9-7-5-3-1/h1-14H2. The van der Waals surface area contributed by atoms with E-state index in [1.54, 1.807) is 0 Å². The second-order valence-electron chi connectivity index (χ2n) is 4.91. The van der Waals surface area contributed by atoms with Crippen LogP contribution < -0.4 is 5.32 Å². The first kappa shape index (κ1) is 13.0. The monoisotopic (exact) mass is 210 g/mol. The molecule has 0 aromatic rings. The molecule has 0 N–H and O–H groups in total. The first-order chi connectivity index (χ1) is 7.50. The fraction of sp³-hybridized carbons (Fsp3) is 1.00. The van der Waals surface area contributed by atoms with E-state index in [9.17, 15) is 0 Å². The molecule has 89 valence electrons. The van der Waals surface area contributed by atoms with Gasteiger partial charge in [-0.2, -0.15) is 0 Å². The molecule has 0 atom stereocenters. The van der Waals surface area contributed by atoms with Crippen molar-refractivity contribution in [3.63, 3.8) is 0 Å². The van der Waals surface area contributed by atoms with Crippen LogP contribution in [0, 0.1) is 0 Å². The van der Waals surface area contributed by atoms with Gasteiger partial charge in [-0.25, -0.2) is 5.32 Å². The van der Waals surface area contributed by atoms with Gasteiger partial charge in [-0.15, -0.1) is 0 Å².